The summed E-state index contributed by atoms with van der Waals surface area (Å²) in [5.41, 5.74) is 1.43. The van der Waals surface area contributed by atoms with Crippen LogP contribution in [0.1, 0.15) is 71.1 Å². The molecule has 0 spiro atoms. The SMILES string of the molecule is [C-]#[N+]/C(=C\c1cc(C(C)(C)C)c(O)c(C(C)(C)C)c1)S(=O)(=O)CCCC=C. The standard InChI is InChI=1S/C22H31NO3S/c1-9-10-11-12-27(25,26)19(23-8)15-16-13-17(21(2,3)4)20(24)18(14-16)22(5,6)7/h9,13-15,24H,1,10-12H2,2-7H3/b19-15+. The number of rotatable bonds is 6. The fourth-order valence-corrected chi connectivity index (χ4v) is 3.95. The first-order valence-electron chi connectivity index (χ1n) is 9.05. The summed E-state index contributed by atoms with van der Waals surface area (Å²) in [6, 6.07) is 3.55. The van der Waals surface area contributed by atoms with Crippen LogP contribution in [0.2, 0.25) is 0 Å². The van der Waals surface area contributed by atoms with Crippen molar-refractivity contribution >= 4 is 15.9 Å². The molecule has 0 amide bonds. The number of phenolic OH excluding ortho intramolecular Hbond substituents is 1. The Morgan fingerprint density at radius 2 is 1.63 bits per heavy atom. The molecule has 0 saturated heterocycles. The van der Waals surface area contributed by atoms with E-state index < -0.39 is 9.84 Å². The van der Waals surface area contributed by atoms with Gasteiger partial charge in [-0.05, 0) is 47.4 Å². The number of hydrogen-bond acceptors (Lipinski definition) is 3. The molecule has 0 unspecified atom stereocenters. The van der Waals surface area contributed by atoms with E-state index in [1.807, 2.05) is 41.5 Å². The smallest absolute Gasteiger partial charge is 0.279 e. The molecule has 0 aliphatic rings. The quantitative estimate of drug-likeness (QED) is 0.392. The van der Waals surface area contributed by atoms with Crippen molar-refractivity contribution in [2.24, 2.45) is 0 Å². The summed E-state index contributed by atoms with van der Waals surface area (Å²) in [6.07, 6.45) is 4.11. The monoisotopic (exact) mass is 389 g/mol. The van der Waals surface area contributed by atoms with Crippen molar-refractivity contribution in [1.82, 2.24) is 0 Å². The fourth-order valence-electron chi connectivity index (χ4n) is 2.74. The van der Waals surface area contributed by atoms with E-state index in [1.165, 1.54) is 6.08 Å². The van der Waals surface area contributed by atoms with E-state index in [0.717, 1.165) is 11.1 Å². The molecule has 148 valence electrons. The Morgan fingerprint density at radius 1 is 1.15 bits per heavy atom. The van der Waals surface area contributed by atoms with Crippen LogP contribution in [0.5, 0.6) is 5.75 Å². The first kappa shape index (κ1) is 23.0. The zero-order valence-electron chi connectivity index (χ0n) is 17.3. The minimum Gasteiger partial charge on any atom is -0.507 e. The maximum absolute atomic E-state index is 12.5. The van der Waals surface area contributed by atoms with Gasteiger partial charge in [0.05, 0.1) is 6.57 Å². The van der Waals surface area contributed by atoms with Crippen LogP contribution >= 0.6 is 0 Å². The first-order valence-corrected chi connectivity index (χ1v) is 10.7. The molecule has 5 heteroatoms. The van der Waals surface area contributed by atoms with Crippen LogP contribution in [0.3, 0.4) is 0 Å². The van der Waals surface area contributed by atoms with Crippen molar-refractivity contribution in [1.29, 1.82) is 0 Å². The van der Waals surface area contributed by atoms with E-state index in [-0.39, 0.29) is 27.4 Å². The lowest BCUT2D eigenvalue weighted by Crippen LogP contribution is -2.17. The van der Waals surface area contributed by atoms with Crippen molar-refractivity contribution in [2.45, 2.75) is 65.2 Å². The Balaban J connectivity index is 3.59. The molecule has 1 aromatic rings. The maximum atomic E-state index is 12.5. The normalized spacial score (nSPS) is 13.3. The van der Waals surface area contributed by atoms with Gasteiger partial charge in [-0.1, -0.05) is 47.6 Å². The molecule has 0 radical (unpaired) electrons. The third kappa shape index (κ3) is 5.97. The molecule has 0 saturated carbocycles. The van der Waals surface area contributed by atoms with E-state index in [2.05, 4.69) is 11.4 Å². The predicted octanol–water partition coefficient (Wildman–Crippen LogP) is 5.59. The van der Waals surface area contributed by atoms with E-state index in [1.54, 1.807) is 18.2 Å². The molecule has 0 atom stereocenters. The van der Waals surface area contributed by atoms with Crippen LogP contribution in [0, 0.1) is 6.57 Å². The topological polar surface area (TPSA) is 58.7 Å². The molecule has 0 aliphatic heterocycles. The van der Waals surface area contributed by atoms with Gasteiger partial charge in [0.25, 0.3) is 5.03 Å². The fraction of sp³-hybridized carbons (Fsp3) is 0.500. The van der Waals surface area contributed by atoms with Crippen molar-refractivity contribution < 1.29 is 13.5 Å². The van der Waals surface area contributed by atoms with Gasteiger partial charge in [-0.3, -0.25) is 0 Å². The lowest BCUT2D eigenvalue weighted by atomic mass is 9.78. The average Bonchev–Trinajstić information content (AvgIpc) is 2.51. The maximum Gasteiger partial charge on any atom is 0.279 e. The molecular weight excluding hydrogens is 358 g/mol. The molecule has 0 bridgehead atoms. The van der Waals surface area contributed by atoms with Crippen molar-refractivity contribution in [3.05, 3.63) is 57.9 Å². The molecule has 1 aromatic carbocycles. The molecule has 0 aliphatic carbocycles. The third-order valence-electron chi connectivity index (χ3n) is 4.29. The zero-order valence-corrected chi connectivity index (χ0v) is 18.1. The summed E-state index contributed by atoms with van der Waals surface area (Å²) in [5.74, 6) is 0.147. The van der Waals surface area contributed by atoms with Gasteiger partial charge in [0.2, 0.25) is 0 Å². The summed E-state index contributed by atoms with van der Waals surface area (Å²) in [7, 11) is -3.65. The van der Waals surface area contributed by atoms with Gasteiger partial charge in [-0.25, -0.2) is 13.3 Å². The van der Waals surface area contributed by atoms with Crippen LogP contribution in [0.4, 0.5) is 0 Å². The van der Waals surface area contributed by atoms with Crippen molar-refractivity contribution in [3.8, 4) is 5.75 Å². The number of unbranched alkanes of at least 4 members (excludes halogenated alkanes) is 1. The lowest BCUT2D eigenvalue weighted by molar-refractivity contribution is 0.423. The summed E-state index contributed by atoms with van der Waals surface area (Å²) in [6.45, 7) is 22.9. The molecule has 27 heavy (non-hydrogen) atoms. The number of phenols is 1. The van der Waals surface area contributed by atoms with Gasteiger partial charge in [-0.15, -0.1) is 6.58 Å². The summed E-state index contributed by atoms with van der Waals surface area (Å²) in [4.78, 5) is 3.27. The minimum absolute atomic E-state index is 0.0798. The summed E-state index contributed by atoms with van der Waals surface area (Å²) in [5, 5.41) is 10.5. The van der Waals surface area contributed by atoms with E-state index in [9.17, 15) is 13.5 Å². The van der Waals surface area contributed by atoms with E-state index in [4.69, 9.17) is 6.57 Å². The molecule has 0 aromatic heterocycles. The van der Waals surface area contributed by atoms with Crippen LogP contribution in [-0.4, -0.2) is 19.3 Å². The van der Waals surface area contributed by atoms with Gasteiger partial charge in [0.15, 0.2) is 9.84 Å². The lowest BCUT2D eigenvalue weighted by Gasteiger charge is -2.28. The van der Waals surface area contributed by atoms with Crippen LogP contribution in [0.25, 0.3) is 10.9 Å². The average molecular weight is 390 g/mol. The van der Waals surface area contributed by atoms with Gasteiger partial charge < -0.3 is 5.11 Å². The highest BCUT2D eigenvalue weighted by atomic mass is 32.2. The van der Waals surface area contributed by atoms with Crippen LogP contribution in [-0.2, 0) is 20.7 Å². The highest BCUT2D eigenvalue weighted by Gasteiger charge is 2.27. The van der Waals surface area contributed by atoms with Crippen LogP contribution in [0.15, 0.2) is 29.8 Å². The third-order valence-corrected chi connectivity index (χ3v) is 5.96. The van der Waals surface area contributed by atoms with Gasteiger partial charge in [-0.2, -0.15) is 0 Å². The number of aromatic hydroxyl groups is 1. The Kier molecular flexibility index (Phi) is 7.07. The second kappa shape index (κ2) is 8.31. The first-order chi connectivity index (χ1) is 12.2. The second-order valence-electron chi connectivity index (χ2n) is 8.81. The molecule has 0 fully saturated rings. The predicted molar refractivity (Wildman–Crippen MR) is 113 cm³/mol. The number of nitrogens with zero attached hydrogens (tertiary/aromatic N) is 1. The second-order valence-corrected chi connectivity index (χ2v) is 10.9. The number of allylic oxidation sites excluding steroid dienone is 1. The highest BCUT2D eigenvalue weighted by molar-refractivity contribution is 7.95. The largest absolute Gasteiger partial charge is 0.507 e. The number of hydrogen-bond donors (Lipinski definition) is 1. The van der Waals surface area contributed by atoms with Crippen molar-refractivity contribution in [2.75, 3.05) is 5.75 Å². The Hall–Kier alpha value is -2.06. The Labute approximate surface area is 164 Å². The number of benzene rings is 1. The number of sulfone groups is 1. The molecule has 1 rings (SSSR count). The zero-order chi connectivity index (χ0) is 21.0. The Bertz CT molecular complexity index is 839. The molecule has 0 heterocycles. The van der Waals surface area contributed by atoms with Crippen LogP contribution < -0.4 is 0 Å². The minimum atomic E-state index is -3.65. The molecular formula is C22H31NO3S. The van der Waals surface area contributed by atoms with Gasteiger partial charge in [0, 0.05) is 16.9 Å². The van der Waals surface area contributed by atoms with Gasteiger partial charge in [0.1, 0.15) is 5.75 Å². The molecule has 1 N–H and O–H groups in total. The summed E-state index contributed by atoms with van der Waals surface area (Å²) < 4.78 is 25.0. The Morgan fingerprint density at radius 3 is 2.00 bits per heavy atom. The van der Waals surface area contributed by atoms with E-state index >= 15 is 0 Å². The van der Waals surface area contributed by atoms with E-state index in [0.29, 0.717) is 18.4 Å². The molecule has 4 nitrogen and oxygen atoms in total. The van der Waals surface area contributed by atoms with Gasteiger partial charge >= 0.3 is 0 Å². The highest BCUT2D eigenvalue weighted by Crippen LogP contribution is 2.40. The van der Waals surface area contributed by atoms with Crippen molar-refractivity contribution in [3.63, 3.8) is 0 Å². The summed E-state index contributed by atoms with van der Waals surface area (Å²) >= 11 is 0.